The molecule has 4 nitrogen and oxygen atoms in total. The number of halogens is 2. The van der Waals surface area contributed by atoms with Gasteiger partial charge in [-0.05, 0) is 38.4 Å². The van der Waals surface area contributed by atoms with Crippen LogP contribution in [-0.4, -0.2) is 42.5 Å². The number of piperidine rings is 1. The molecule has 1 aliphatic heterocycles. The number of rotatable bonds is 3. The van der Waals surface area contributed by atoms with Crippen LogP contribution < -0.4 is 5.32 Å². The van der Waals surface area contributed by atoms with E-state index in [2.05, 4.69) is 22.2 Å². The highest BCUT2D eigenvalue weighted by molar-refractivity contribution is 6.41. The maximum Gasteiger partial charge on any atom is 0.252 e. The van der Waals surface area contributed by atoms with Gasteiger partial charge in [-0.3, -0.25) is 4.79 Å². The number of nitrogens with one attached hydrogen (secondary N) is 1. The van der Waals surface area contributed by atoms with Crippen molar-refractivity contribution in [1.82, 2.24) is 15.2 Å². The minimum atomic E-state index is -0.153. The molecule has 104 valence electrons. The van der Waals surface area contributed by atoms with Crippen molar-refractivity contribution >= 4 is 29.1 Å². The maximum atomic E-state index is 12.0. The fourth-order valence-electron chi connectivity index (χ4n) is 2.32. The molecule has 0 radical (unpaired) electrons. The SMILES string of the molecule is CN1CCCC(CNC(=O)c2cnc(Cl)c(Cl)c2)C1. The van der Waals surface area contributed by atoms with E-state index in [1.165, 1.54) is 12.6 Å². The number of aromatic nitrogens is 1. The van der Waals surface area contributed by atoms with E-state index in [1.807, 2.05) is 0 Å². The number of amides is 1. The Morgan fingerprint density at radius 3 is 3.05 bits per heavy atom. The normalized spacial score (nSPS) is 20.3. The molecule has 1 fully saturated rings. The Hall–Kier alpha value is -0.840. The van der Waals surface area contributed by atoms with E-state index in [-0.39, 0.29) is 11.1 Å². The first kappa shape index (κ1) is 14.6. The van der Waals surface area contributed by atoms with Gasteiger partial charge in [0.25, 0.3) is 5.91 Å². The van der Waals surface area contributed by atoms with Gasteiger partial charge in [0.05, 0.1) is 10.6 Å². The molecule has 6 heteroatoms. The van der Waals surface area contributed by atoms with Gasteiger partial charge in [-0.25, -0.2) is 4.98 Å². The van der Waals surface area contributed by atoms with Crippen LogP contribution in [0.25, 0.3) is 0 Å². The second kappa shape index (κ2) is 6.55. The summed E-state index contributed by atoms with van der Waals surface area (Å²) in [5.41, 5.74) is 0.443. The third-order valence-corrected chi connectivity index (χ3v) is 4.02. The second-order valence-corrected chi connectivity index (χ2v) is 5.74. The maximum absolute atomic E-state index is 12.0. The molecule has 0 aliphatic carbocycles. The molecule has 0 bridgehead atoms. The van der Waals surface area contributed by atoms with Crippen molar-refractivity contribution in [2.75, 3.05) is 26.7 Å². The lowest BCUT2D eigenvalue weighted by Gasteiger charge is -2.29. The van der Waals surface area contributed by atoms with Gasteiger partial charge in [-0.1, -0.05) is 23.2 Å². The van der Waals surface area contributed by atoms with Crippen molar-refractivity contribution in [2.24, 2.45) is 5.92 Å². The second-order valence-electron chi connectivity index (χ2n) is 4.98. The summed E-state index contributed by atoms with van der Waals surface area (Å²) in [4.78, 5) is 18.1. The molecule has 0 aromatic carbocycles. The summed E-state index contributed by atoms with van der Waals surface area (Å²) in [5, 5.41) is 3.44. The van der Waals surface area contributed by atoms with Crippen LogP contribution in [0.3, 0.4) is 0 Å². The smallest absolute Gasteiger partial charge is 0.252 e. The van der Waals surface area contributed by atoms with Gasteiger partial charge in [0.1, 0.15) is 5.15 Å². The van der Waals surface area contributed by atoms with Crippen LogP contribution >= 0.6 is 23.2 Å². The molecule has 2 heterocycles. The zero-order chi connectivity index (χ0) is 13.8. The van der Waals surface area contributed by atoms with Crippen LogP contribution in [0, 0.1) is 5.92 Å². The predicted octanol–water partition coefficient (Wildman–Crippen LogP) is 2.46. The van der Waals surface area contributed by atoms with Crippen molar-refractivity contribution in [1.29, 1.82) is 0 Å². The molecule has 0 saturated carbocycles. The van der Waals surface area contributed by atoms with Crippen LogP contribution in [0.4, 0.5) is 0 Å². The molecule has 2 rings (SSSR count). The van der Waals surface area contributed by atoms with Crippen LogP contribution in [0.5, 0.6) is 0 Å². The molecule has 1 N–H and O–H groups in total. The van der Waals surface area contributed by atoms with Gasteiger partial charge in [0.2, 0.25) is 0 Å². The van der Waals surface area contributed by atoms with Crippen LogP contribution in [0.2, 0.25) is 10.2 Å². The quantitative estimate of drug-likeness (QED) is 0.872. The van der Waals surface area contributed by atoms with E-state index >= 15 is 0 Å². The zero-order valence-corrected chi connectivity index (χ0v) is 12.3. The average molecular weight is 302 g/mol. The van der Waals surface area contributed by atoms with E-state index in [0.29, 0.717) is 23.0 Å². The average Bonchev–Trinajstić information content (AvgIpc) is 2.39. The summed E-state index contributed by atoms with van der Waals surface area (Å²) in [6.07, 6.45) is 3.78. The lowest BCUT2D eigenvalue weighted by molar-refractivity contribution is 0.0936. The molecular weight excluding hydrogens is 285 g/mol. The Bertz CT molecular complexity index is 467. The van der Waals surface area contributed by atoms with Crippen molar-refractivity contribution in [2.45, 2.75) is 12.8 Å². The van der Waals surface area contributed by atoms with Gasteiger partial charge in [-0.2, -0.15) is 0 Å². The van der Waals surface area contributed by atoms with E-state index in [1.54, 1.807) is 6.07 Å². The molecule has 1 aliphatic rings. The summed E-state index contributed by atoms with van der Waals surface area (Å²) >= 11 is 11.6. The molecule has 1 aromatic heterocycles. The van der Waals surface area contributed by atoms with Gasteiger partial charge >= 0.3 is 0 Å². The third kappa shape index (κ3) is 4.06. The highest BCUT2D eigenvalue weighted by Crippen LogP contribution is 2.20. The predicted molar refractivity (Wildman–Crippen MR) is 76.8 cm³/mol. The number of pyridine rings is 1. The van der Waals surface area contributed by atoms with E-state index < -0.39 is 0 Å². The van der Waals surface area contributed by atoms with Crippen molar-refractivity contribution in [3.63, 3.8) is 0 Å². The van der Waals surface area contributed by atoms with Crippen LogP contribution in [0.1, 0.15) is 23.2 Å². The minimum absolute atomic E-state index is 0.153. The monoisotopic (exact) mass is 301 g/mol. The lowest BCUT2D eigenvalue weighted by Crippen LogP contribution is -2.39. The first-order valence-corrected chi connectivity index (χ1v) is 7.09. The standard InChI is InChI=1S/C13H17Cl2N3O/c1-18-4-2-3-9(8-18)6-17-13(19)10-5-11(14)12(15)16-7-10/h5,7,9H,2-4,6,8H2,1H3,(H,17,19). The van der Waals surface area contributed by atoms with Gasteiger partial charge in [-0.15, -0.1) is 0 Å². The molecule has 1 atom stereocenters. The Morgan fingerprint density at radius 2 is 2.37 bits per heavy atom. The molecule has 19 heavy (non-hydrogen) atoms. The summed E-state index contributed by atoms with van der Waals surface area (Å²) in [5.74, 6) is 0.359. The van der Waals surface area contributed by atoms with E-state index in [9.17, 15) is 4.79 Å². The van der Waals surface area contributed by atoms with Crippen LogP contribution in [-0.2, 0) is 0 Å². The zero-order valence-electron chi connectivity index (χ0n) is 10.8. The number of nitrogens with zero attached hydrogens (tertiary/aromatic N) is 2. The van der Waals surface area contributed by atoms with Crippen molar-refractivity contribution in [3.8, 4) is 0 Å². The van der Waals surface area contributed by atoms with Crippen LogP contribution in [0.15, 0.2) is 12.3 Å². The third-order valence-electron chi connectivity index (χ3n) is 3.33. The van der Waals surface area contributed by atoms with Crippen molar-refractivity contribution in [3.05, 3.63) is 28.0 Å². The summed E-state index contributed by atoms with van der Waals surface area (Å²) in [7, 11) is 2.11. The summed E-state index contributed by atoms with van der Waals surface area (Å²) < 4.78 is 0. The minimum Gasteiger partial charge on any atom is -0.352 e. The molecule has 1 amide bonds. The lowest BCUT2D eigenvalue weighted by atomic mass is 9.98. The number of carbonyl (C=O) groups excluding carboxylic acids is 1. The number of hydrogen-bond acceptors (Lipinski definition) is 3. The number of carbonyl (C=O) groups is 1. The Morgan fingerprint density at radius 1 is 1.58 bits per heavy atom. The highest BCUT2D eigenvalue weighted by atomic mass is 35.5. The molecule has 0 spiro atoms. The fraction of sp³-hybridized carbons (Fsp3) is 0.538. The first-order valence-electron chi connectivity index (χ1n) is 6.34. The number of likely N-dealkylation sites (tertiary alicyclic amines) is 1. The topological polar surface area (TPSA) is 45.2 Å². The molecule has 1 aromatic rings. The summed E-state index contributed by atoms with van der Waals surface area (Å²) in [6, 6.07) is 1.54. The highest BCUT2D eigenvalue weighted by Gasteiger charge is 2.18. The van der Waals surface area contributed by atoms with Gasteiger partial charge < -0.3 is 10.2 Å². The Balaban J connectivity index is 1.88. The Kier molecular flexibility index (Phi) is 5.02. The largest absolute Gasteiger partial charge is 0.352 e. The van der Waals surface area contributed by atoms with E-state index in [0.717, 1.165) is 19.5 Å². The Labute approximate surface area is 123 Å². The molecule has 1 saturated heterocycles. The molecular formula is C13H17Cl2N3O. The summed E-state index contributed by atoms with van der Waals surface area (Å²) in [6.45, 7) is 2.85. The van der Waals surface area contributed by atoms with E-state index in [4.69, 9.17) is 23.2 Å². The molecule has 1 unspecified atom stereocenters. The van der Waals surface area contributed by atoms with Gasteiger partial charge in [0.15, 0.2) is 0 Å². The van der Waals surface area contributed by atoms with Crippen molar-refractivity contribution < 1.29 is 4.79 Å². The first-order chi connectivity index (χ1) is 9.06. The fourth-order valence-corrected chi connectivity index (χ4v) is 2.59. The number of hydrogen-bond donors (Lipinski definition) is 1. The van der Waals surface area contributed by atoms with Gasteiger partial charge in [0, 0.05) is 19.3 Å².